The lowest BCUT2D eigenvalue weighted by Gasteiger charge is -2.45. The van der Waals surface area contributed by atoms with Gasteiger partial charge in [0.2, 0.25) is 0 Å². The molecule has 4 atom stereocenters. The third kappa shape index (κ3) is 12.4. The first kappa shape index (κ1) is 80.2. The molecule has 0 bridgehead atoms. The average molecular weight is 1630 g/mol. The lowest BCUT2D eigenvalue weighted by molar-refractivity contribution is -0.137. The van der Waals surface area contributed by atoms with Gasteiger partial charge in [-0.25, -0.2) is 28.8 Å². The first-order chi connectivity index (χ1) is 56.4. The highest BCUT2D eigenvalue weighted by Gasteiger charge is 2.70. The number of guanidine groups is 4. The van der Waals surface area contributed by atoms with E-state index < -0.39 is 33.8 Å². The summed E-state index contributed by atoms with van der Waals surface area (Å²) in [6, 6.07) is 40.2. The van der Waals surface area contributed by atoms with Crippen molar-refractivity contribution in [2.45, 2.75) is 184 Å². The van der Waals surface area contributed by atoms with Gasteiger partial charge in [-0.2, -0.15) is 0 Å². The maximum Gasteiger partial charge on any atom is 0.262 e. The number of amides is 4. The molecule has 4 aliphatic heterocycles. The van der Waals surface area contributed by atoms with Crippen LogP contribution in [0.5, 0.6) is 0 Å². The third-order valence-corrected chi connectivity index (χ3v) is 30.1. The maximum atomic E-state index is 13.8. The molecule has 20 rings (SSSR count). The van der Waals surface area contributed by atoms with Crippen LogP contribution in [0.25, 0.3) is 44.5 Å². The monoisotopic (exact) mass is 1630 g/mol. The van der Waals surface area contributed by atoms with Crippen LogP contribution >= 0.6 is 23.2 Å². The predicted molar refractivity (Wildman–Crippen MR) is 459 cm³/mol. The summed E-state index contributed by atoms with van der Waals surface area (Å²) >= 11 is 12.5. The molecule has 6 heterocycles. The molecule has 4 fully saturated rings. The van der Waals surface area contributed by atoms with Gasteiger partial charge >= 0.3 is 0 Å². The van der Waals surface area contributed by atoms with Gasteiger partial charge in [-0.15, -0.1) is 0 Å². The van der Waals surface area contributed by atoms with Gasteiger partial charge in [0.05, 0.1) is 6.10 Å². The van der Waals surface area contributed by atoms with E-state index in [9.17, 15) is 28.0 Å². The van der Waals surface area contributed by atoms with Crippen LogP contribution in [0.4, 0.5) is 8.78 Å². The van der Waals surface area contributed by atoms with Crippen molar-refractivity contribution in [3.63, 3.8) is 0 Å². The first-order valence-corrected chi connectivity index (χ1v) is 42.5. The predicted octanol–water partition coefficient (Wildman–Crippen LogP) is 16.4. The fourth-order valence-corrected chi connectivity index (χ4v) is 23.4. The maximum absolute atomic E-state index is 13.8. The van der Waals surface area contributed by atoms with E-state index in [1.165, 1.54) is 43.5 Å². The molecule has 19 nitrogen and oxygen atoms in total. The number of carbonyl (C=O) groups excluding carboxylic acids is 4. The number of halogens is 4. The van der Waals surface area contributed by atoms with Crippen LogP contribution in [0.2, 0.25) is 10.0 Å². The number of aryl methyl sites for hydroxylation is 1. The normalized spacial score (nSPS) is 30.6. The second kappa shape index (κ2) is 29.6. The van der Waals surface area contributed by atoms with Crippen LogP contribution < -0.4 is 22.9 Å². The molecule has 23 heteroatoms. The number of nitrogens with zero attached hydrogens (tertiary/aromatic N) is 10. The van der Waals surface area contributed by atoms with Crippen molar-refractivity contribution in [2.24, 2.45) is 82.3 Å². The van der Waals surface area contributed by atoms with Crippen LogP contribution in [0.1, 0.15) is 174 Å². The van der Waals surface area contributed by atoms with E-state index in [4.69, 9.17) is 70.8 Å². The number of hydrogen-bond donors (Lipinski definition) is 4. The molecule has 8 N–H and O–H groups in total. The number of benzene rings is 6. The number of carbonyl (C=O) groups is 4. The number of hydrogen-bond acceptors (Lipinski definition) is 15. The van der Waals surface area contributed by atoms with Gasteiger partial charge in [-0.1, -0.05) is 137 Å². The second-order valence-corrected chi connectivity index (χ2v) is 37.2. The molecule has 8 aliphatic carbocycles. The molecule has 8 spiro atoms. The molecule has 8 aromatic rings. The SMILES string of the molecule is CC1CCC2(CC1)Cc1ccc(-c3cc(Cl)cc(Cl)c3)cc1C21N=C(N)N(C)C1=O.CC1CCC2(CC1)Cc1ccc(-c3cc(F)cc(F)c3)cc1C21N=C(N)N(C)C1=O.CC1CCC2(CC1)Cc1ccc(-c3cccnc3)cc1C21N=C(N)N(C)C1=O.COC1CCC2(CC1)Cc1ccc(-c3cncc(C)c3)cc1C21N=C(N)N(C)C1=O. The molecule has 118 heavy (non-hydrogen) atoms. The topological polar surface area (TPSA) is 270 Å². The average Bonchev–Trinajstić information content (AvgIpc) is 1.54. The first-order valence-electron chi connectivity index (χ1n) is 41.7. The largest absolute Gasteiger partial charge is 0.381 e. The van der Waals surface area contributed by atoms with Crippen LogP contribution in [0.3, 0.4) is 0 Å². The second-order valence-electron chi connectivity index (χ2n) is 36.3. The fourth-order valence-electron chi connectivity index (χ4n) is 22.9. The lowest BCUT2D eigenvalue weighted by Crippen LogP contribution is -2.51. The summed E-state index contributed by atoms with van der Waals surface area (Å²) in [5.74, 6) is 1.85. The van der Waals surface area contributed by atoms with Crippen LogP contribution in [0.15, 0.2) is 172 Å². The lowest BCUT2D eigenvalue weighted by atomic mass is 9.60. The molecule has 2 aromatic heterocycles. The van der Waals surface area contributed by atoms with Crippen LogP contribution in [-0.4, -0.2) is 118 Å². The molecule has 4 amide bonds. The number of pyridine rings is 2. The Bertz CT molecular complexity index is 5350. The zero-order valence-corrected chi connectivity index (χ0v) is 70.2. The van der Waals surface area contributed by atoms with Crippen molar-refractivity contribution in [1.82, 2.24) is 29.6 Å². The standard InChI is InChI=1S/C24H25Cl2N3O.C24H25F2N3O.C24H28N4O2.C23H26N4O/c2*1-14-5-7-23(8-6-14)13-16-4-3-15(17-9-18(25)12-19(26)10-17)11-20(16)24(23)21(30)29(2)22(27)28-24;1-15-10-18(14-26-13-15)16-4-5-17-12-23(8-6-19(30-3)7-9-23)24(20(17)11-16)21(29)28(2)22(25)27-24;1-15-7-9-22(10-8-15)13-17-6-5-16(18-4-3-11-25-14-18)12-19(17)23(22)20(28)27(2)21(24)26-23/h2*3-4,9-12,14H,5-8,13H2,1-2H3,(H2,27,28);4-5,10-11,13-14,19H,6-9,12H2,1-3H3,(H2,25,27);3-6,11-12,14-15H,7-10,13H2,1-2H3,(H2,24,26). The zero-order chi connectivity index (χ0) is 83.1. The van der Waals surface area contributed by atoms with E-state index >= 15 is 0 Å². The summed E-state index contributed by atoms with van der Waals surface area (Å²) in [6.07, 6.45) is 27.1. The van der Waals surface area contributed by atoms with Gasteiger partial charge in [0.1, 0.15) is 11.6 Å². The van der Waals surface area contributed by atoms with Crippen molar-refractivity contribution in [2.75, 3.05) is 35.3 Å². The highest BCUT2D eigenvalue weighted by Crippen LogP contribution is 2.67. The molecule has 0 radical (unpaired) electrons. The van der Waals surface area contributed by atoms with Gasteiger partial charge in [-0.3, -0.25) is 48.7 Å². The van der Waals surface area contributed by atoms with Crippen molar-refractivity contribution >= 4 is 70.7 Å². The van der Waals surface area contributed by atoms with Gasteiger partial charge in [0.15, 0.2) is 46.0 Å². The number of fused-ring (bicyclic) bond motifs is 12. The minimum absolute atomic E-state index is 0.00502. The van der Waals surface area contributed by atoms with E-state index in [1.54, 1.807) is 52.5 Å². The number of methoxy groups -OCH3 is 1. The Labute approximate surface area is 699 Å². The van der Waals surface area contributed by atoms with Gasteiger partial charge in [-0.05, 0) is 270 Å². The smallest absolute Gasteiger partial charge is 0.262 e. The highest BCUT2D eigenvalue weighted by atomic mass is 35.5. The Morgan fingerprint density at radius 3 is 1.00 bits per heavy atom. The molecule has 4 unspecified atom stereocenters. The summed E-state index contributed by atoms with van der Waals surface area (Å²) in [5.41, 5.74) is 37.0. The third-order valence-electron chi connectivity index (χ3n) is 29.7. The Kier molecular flexibility index (Phi) is 20.1. The molecule has 0 saturated heterocycles. The molecule has 4 saturated carbocycles. The van der Waals surface area contributed by atoms with E-state index in [0.717, 1.165) is 201 Å². The Morgan fingerprint density at radius 2 is 0.695 bits per heavy atom. The van der Waals surface area contributed by atoms with Gasteiger partial charge < -0.3 is 27.7 Å². The summed E-state index contributed by atoms with van der Waals surface area (Å²) < 4.78 is 33.3. The minimum Gasteiger partial charge on any atom is -0.381 e. The minimum atomic E-state index is -1.05. The molecular weight excluding hydrogens is 1530 g/mol. The number of nitrogens with two attached hydrogens (primary N) is 4. The van der Waals surface area contributed by atoms with Crippen molar-refractivity contribution in [1.29, 1.82) is 0 Å². The molecule has 12 aliphatic rings. The van der Waals surface area contributed by atoms with E-state index in [-0.39, 0.29) is 57.4 Å². The Hall–Kier alpha value is -10.2. The van der Waals surface area contributed by atoms with Gasteiger partial charge in [0, 0.05) is 103 Å². The molecule has 612 valence electrons. The van der Waals surface area contributed by atoms with Crippen molar-refractivity contribution in [3.8, 4) is 44.5 Å². The number of likely N-dealkylation sites (N-methyl/N-ethyl adjacent to an activating group) is 4. The van der Waals surface area contributed by atoms with Crippen molar-refractivity contribution in [3.05, 3.63) is 224 Å². The van der Waals surface area contributed by atoms with Crippen LogP contribution in [-0.2, 0) is 71.8 Å². The van der Waals surface area contributed by atoms with E-state index in [1.807, 2.05) is 61.9 Å². The van der Waals surface area contributed by atoms with Crippen LogP contribution in [0, 0.1) is 58.0 Å². The highest BCUT2D eigenvalue weighted by molar-refractivity contribution is 6.35. The molecule has 6 aromatic carbocycles. The van der Waals surface area contributed by atoms with E-state index in [2.05, 4.69) is 97.5 Å². The summed E-state index contributed by atoms with van der Waals surface area (Å²) in [6.45, 7) is 8.89. The summed E-state index contributed by atoms with van der Waals surface area (Å²) in [4.78, 5) is 88.9. The van der Waals surface area contributed by atoms with E-state index in [0.29, 0.717) is 56.8 Å². The quantitative estimate of drug-likeness (QED) is 0.126. The number of ether oxygens (including phenoxy) is 1. The van der Waals surface area contributed by atoms with Gasteiger partial charge in [0.25, 0.3) is 23.6 Å². The summed E-state index contributed by atoms with van der Waals surface area (Å²) in [5, 5.41) is 1.17. The summed E-state index contributed by atoms with van der Waals surface area (Å²) in [7, 11) is 8.65. The Balaban J connectivity index is 0.000000113. The molecular formula is C95H104Cl2F2N14O5. The Morgan fingerprint density at radius 1 is 0.381 bits per heavy atom. The zero-order valence-electron chi connectivity index (χ0n) is 68.7. The number of aliphatic imine (C=N–C) groups is 4. The van der Waals surface area contributed by atoms with Crippen molar-refractivity contribution < 1.29 is 32.7 Å². The fraction of sp³-hybridized carbons (Fsp3) is 0.432. The number of rotatable bonds is 5. The number of aromatic nitrogens is 2.